The fourth-order valence-electron chi connectivity index (χ4n) is 2.30. The van der Waals surface area contributed by atoms with E-state index in [4.69, 9.17) is 11.6 Å². The van der Waals surface area contributed by atoms with Crippen molar-refractivity contribution in [1.82, 2.24) is 5.32 Å². The lowest BCUT2D eigenvalue weighted by atomic mass is 9.79. The van der Waals surface area contributed by atoms with Gasteiger partial charge in [-0.3, -0.25) is 4.79 Å². The standard InChI is InChI=1S/C14H15ClN2O/c1-10(15)13(18)17-14(9-16)7-6-11-4-2-3-5-12(11)8-14/h2-5,10H,6-8H2,1H3,(H,17,18). The van der Waals surface area contributed by atoms with E-state index >= 15 is 0 Å². The number of hydrogen-bond acceptors (Lipinski definition) is 2. The van der Waals surface area contributed by atoms with Crippen molar-refractivity contribution in [2.45, 2.75) is 37.1 Å². The average molecular weight is 263 g/mol. The van der Waals surface area contributed by atoms with Crippen molar-refractivity contribution in [2.75, 3.05) is 0 Å². The molecule has 0 fully saturated rings. The zero-order valence-electron chi connectivity index (χ0n) is 10.2. The van der Waals surface area contributed by atoms with Crippen molar-refractivity contribution in [2.24, 2.45) is 0 Å². The molecule has 0 heterocycles. The molecule has 1 N–H and O–H groups in total. The molecule has 1 amide bonds. The number of halogens is 1. The zero-order valence-corrected chi connectivity index (χ0v) is 11.0. The summed E-state index contributed by atoms with van der Waals surface area (Å²) in [6.45, 7) is 1.61. The van der Waals surface area contributed by atoms with Crippen molar-refractivity contribution in [3.63, 3.8) is 0 Å². The first-order valence-corrected chi connectivity index (χ1v) is 6.44. The molecule has 2 atom stereocenters. The van der Waals surface area contributed by atoms with Gasteiger partial charge >= 0.3 is 0 Å². The van der Waals surface area contributed by atoms with Gasteiger partial charge in [0.15, 0.2) is 0 Å². The van der Waals surface area contributed by atoms with Crippen LogP contribution in [0, 0.1) is 11.3 Å². The zero-order chi connectivity index (χ0) is 13.2. The summed E-state index contributed by atoms with van der Waals surface area (Å²) in [6, 6.07) is 10.3. The number of aryl methyl sites for hydroxylation is 1. The van der Waals surface area contributed by atoms with Crippen LogP contribution >= 0.6 is 11.6 Å². The molecule has 0 radical (unpaired) electrons. The third kappa shape index (κ3) is 2.49. The molecule has 0 bridgehead atoms. The summed E-state index contributed by atoms with van der Waals surface area (Å²) in [5, 5.41) is 11.6. The largest absolute Gasteiger partial charge is 0.336 e. The molecule has 4 heteroatoms. The van der Waals surface area contributed by atoms with E-state index in [0.29, 0.717) is 12.8 Å². The number of nitrogens with one attached hydrogen (secondary N) is 1. The number of benzene rings is 1. The van der Waals surface area contributed by atoms with Gasteiger partial charge in [-0.25, -0.2) is 0 Å². The molecular formula is C14H15ClN2O. The van der Waals surface area contributed by atoms with Crippen LogP contribution in [0.3, 0.4) is 0 Å². The van der Waals surface area contributed by atoms with Crippen LogP contribution in [0.25, 0.3) is 0 Å². The molecule has 0 aromatic heterocycles. The Morgan fingerprint density at radius 2 is 2.17 bits per heavy atom. The quantitative estimate of drug-likeness (QED) is 0.831. The normalized spacial score (nSPS) is 23.6. The Kier molecular flexibility index (Phi) is 3.58. The highest BCUT2D eigenvalue weighted by Gasteiger charge is 2.36. The van der Waals surface area contributed by atoms with Gasteiger partial charge in [-0.1, -0.05) is 24.3 Å². The molecule has 0 saturated heterocycles. The molecule has 0 saturated carbocycles. The van der Waals surface area contributed by atoms with Crippen LogP contribution in [-0.4, -0.2) is 16.8 Å². The summed E-state index contributed by atoms with van der Waals surface area (Å²) in [5.41, 5.74) is 1.58. The van der Waals surface area contributed by atoms with Crippen LogP contribution in [-0.2, 0) is 17.6 Å². The number of carbonyl (C=O) groups is 1. The number of amides is 1. The summed E-state index contributed by atoms with van der Waals surface area (Å²) >= 11 is 5.75. The summed E-state index contributed by atoms with van der Waals surface area (Å²) < 4.78 is 0. The van der Waals surface area contributed by atoms with Gasteiger partial charge in [0.2, 0.25) is 5.91 Å². The number of carbonyl (C=O) groups excluding carboxylic acids is 1. The summed E-state index contributed by atoms with van der Waals surface area (Å²) in [4.78, 5) is 11.7. The predicted molar refractivity (Wildman–Crippen MR) is 70.3 cm³/mol. The highest BCUT2D eigenvalue weighted by atomic mass is 35.5. The molecule has 18 heavy (non-hydrogen) atoms. The Labute approximate surface area is 112 Å². The first-order chi connectivity index (χ1) is 8.56. The van der Waals surface area contributed by atoms with E-state index in [1.54, 1.807) is 6.92 Å². The van der Waals surface area contributed by atoms with Gasteiger partial charge in [-0.2, -0.15) is 5.26 Å². The molecule has 2 rings (SSSR count). The van der Waals surface area contributed by atoms with Gasteiger partial charge < -0.3 is 5.32 Å². The molecule has 3 nitrogen and oxygen atoms in total. The Bertz CT molecular complexity index is 507. The van der Waals surface area contributed by atoms with Crippen molar-refractivity contribution < 1.29 is 4.79 Å². The lowest BCUT2D eigenvalue weighted by molar-refractivity contribution is -0.121. The van der Waals surface area contributed by atoms with Crippen LogP contribution in [0.5, 0.6) is 0 Å². The van der Waals surface area contributed by atoms with E-state index < -0.39 is 10.9 Å². The highest BCUT2D eigenvalue weighted by Crippen LogP contribution is 2.28. The number of nitriles is 1. The molecule has 1 aliphatic rings. The minimum Gasteiger partial charge on any atom is -0.336 e. The van der Waals surface area contributed by atoms with E-state index in [2.05, 4.69) is 17.5 Å². The van der Waals surface area contributed by atoms with Gasteiger partial charge in [0.1, 0.15) is 10.9 Å². The number of alkyl halides is 1. The molecule has 1 aromatic rings. The summed E-state index contributed by atoms with van der Waals surface area (Å²) in [5.74, 6) is -0.280. The van der Waals surface area contributed by atoms with Crippen LogP contribution in [0.4, 0.5) is 0 Å². The molecule has 0 aliphatic heterocycles. The monoisotopic (exact) mass is 262 g/mol. The lowest BCUT2D eigenvalue weighted by Crippen LogP contribution is -2.52. The first-order valence-electron chi connectivity index (χ1n) is 6.00. The van der Waals surface area contributed by atoms with E-state index in [9.17, 15) is 10.1 Å². The highest BCUT2D eigenvalue weighted by molar-refractivity contribution is 6.30. The maximum atomic E-state index is 11.7. The molecule has 94 valence electrons. The van der Waals surface area contributed by atoms with E-state index in [1.807, 2.05) is 18.2 Å². The molecule has 1 aliphatic carbocycles. The second kappa shape index (κ2) is 4.99. The Hall–Kier alpha value is -1.53. The Balaban J connectivity index is 2.22. The fourth-order valence-corrected chi connectivity index (χ4v) is 2.36. The minimum absolute atomic E-state index is 0.280. The number of rotatable bonds is 2. The maximum Gasteiger partial charge on any atom is 0.239 e. The minimum atomic E-state index is -0.811. The van der Waals surface area contributed by atoms with E-state index in [1.165, 1.54) is 5.56 Å². The predicted octanol–water partition coefficient (Wildman–Crippen LogP) is 2.18. The molecular weight excluding hydrogens is 248 g/mol. The van der Waals surface area contributed by atoms with Gasteiger partial charge in [-0.15, -0.1) is 11.6 Å². The van der Waals surface area contributed by atoms with Crippen molar-refractivity contribution >= 4 is 17.5 Å². The van der Waals surface area contributed by atoms with Gasteiger partial charge in [0, 0.05) is 6.42 Å². The number of nitrogens with zero attached hydrogens (tertiary/aromatic N) is 1. The Morgan fingerprint density at radius 1 is 1.50 bits per heavy atom. The van der Waals surface area contributed by atoms with Crippen molar-refractivity contribution in [3.8, 4) is 6.07 Å². The second-order valence-electron chi connectivity index (χ2n) is 4.74. The number of fused-ring (bicyclic) bond motifs is 1. The van der Waals surface area contributed by atoms with Crippen LogP contribution < -0.4 is 5.32 Å². The maximum absolute atomic E-state index is 11.7. The first kappa shape index (κ1) is 12.9. The van der Waals surface area contributed by atoms with Gasteiger partial charge in [0.25, 0.3) is 0 Å². The van der Waals surface area contributed by atoms with Crippen LogP contribution in [0.1, 0.15) is 24.5 Å². The van der Waals surface area contributed by atoms with Gasteiger partial charge in [-0.05, 0) is 30.9 Å². The van der Waals surface area contributed by atoms with Crippen LogP contribution in [0.2, 0.25) is 0 Å². The van der Waals surface area contributed by atoms with Crippen LogP contribution in [0.15, 0.2) is 24.3 Å². The second-order valence-corrected chi connectivity index (χ2v) is 5.40. The van der Waals surface area contributed by atoms with Gasteiger partial charge in [0.05, 0.1) is 6.07 Å². The van der Waals surface area contributed by atoms with Crippen molar-refractivity contribution in [3.05, 3.63) is 35.4 Å². The SMILES string of the molecule is CC(Cl)C(=O)NC1(C#N)CCc2ccccc2C1. The summed E-state index contributed by atoms with van der Waals surface area (Å²) in [6.07, 6.45) is 1.99. The average Bonchev–Trinajstić information content (AvgIpc) is 2.38. The summed E-state index contributed by atoms with van der Waals surface area (Å²) in [7, 11) is 0. The fraction of sp³-hybridized carbons (Fsp3) is 0.429. The Morgan fingerprint density at radius 3 is 2.78 bits per heavy atom. The number of hydrogen-bond donors (Lipinski definition) is 1. The topological polar surface area (TPSA) is 52.9 Å². The van der Waals surface area contributed by atoms with Crippen molar-refractivity contribution in [1.29, 1.82) is 5.26 Å². The molecule has 2 unspecified atom stereocenters. The third-order valence-electron chi connectivity index (χ3n) is 3.37. The molecule has 1 aromatic carbocycles. The smallest absolute Gasteiger partial charge is 0.239 e. The van der Waals surface area contributed by atoms with E-state index in [-0.39, 0.29) is 5.91 Å². The lowest BCUT2D eigenvalue weighted by Gasteiger charge is -2.33. The third-order valence-corrected chi connectivity index (χ3v) is 3.57. The molecule has 0 spiro atoms. The van der Waals surface area contributed by atoms with E-state index in [0.717, 1.165) is 12.0 Å².